The van der Waals surface area contributed by atoms with Crippen LogP contribution in [0.2, 0.25) is 64.5 Å². The third-order valence-corrected chi connectivity index (χ3v) is 75.4. The molecule has 0 atom stereocenters. The monoisotopic (exact) mass is 314 g/mol. The van der Waals surface area contributed by atoms with Gasteiger partial charge in [-0.3, -0.25) is 0 Å². The van der Waals surface area contributed by atoms with Crippen molar-refractivity contribution in [3.05, 3.63) is 25.3 Å². The molecule has 0 aliphatic carbocycles. The minimum absolute atomic E-state index is 1.12. The van der Waals surface area contributed by atoms with E-state index in [1.807, 2.05) is 0 Å². The normalized spacial score (nSPS) is 14.4. The number of rotatable bonds is 7. The van der Waals surface area contributed by atoms with Gasteiger partial charge in [0.25, 0.3) is 0 Å². The predicted octanol–water partition coefficient (Wildman–Crippen LogP) is 5.43. The van der Waals surface area contributed by atoms with E-state index < -0.39 is 29.4 Å². The first-order chi connectivity index (χ1) is 7.87. The lowest BCUT2D eigenvalue weighted by Crippen LogP contribution is -2.78. The summed E-state index contributed by atoms with van der Waals surface area (Å²) < 4.78 is 0. The topological polar surface area (TPSA) is 0 Å². The third kappa shape index (κ3) is 3.08. The van der Waals surface area contributed by atoms with Crippen molar-refractivity contribution in [1.29, 1.82) is 0 Å². The summed E-state index contributed by atoms with van der Waals surface area (Å²) in [5, 5.41) is 0. The van der Waals surface area contributed by atoms with Gasteiger partial charge >= 0.3 is 0 Å². The molecule has 0 fully saturated rings. The molecule has 0 spiro atoms. The minimum atomic E-state index is -1.13. The fourth-order valence-electron chi connectivity index (χ4n) is 2.92. The third-order valence-electron chi connectivity index (χ3n) is 6.26. The maximum Gasteiger partial charge on any atom is 0.0421 e. The van der Waals surface area contributed by atoms with E-state index in [0.717, 1.165) is 0 Å². The molecule has 0 bridgehead atoms. The first-order valence-corrected chi connectivity index (χ1v) is 22.5. The van der Waals surface area contributed by atoms with Crippen LogP contribution in [0.3, 0.4) is 0 Å². The lowest BCUT2D eigenvalue weighted by molar-refractivity contribution is 1.55. The van der Waals surface area contributed by atoms with Crippen molar-refractivity contribution in [3.63, 3.8) is 0 Å². The molecule has 0 nitrogen and oxygen atoms in total. The van der Waals surface area contributed by atoms with Crippen molar-refractivity contribution < 1.29 is 0 Å². The van der Waals surface area contributed by atoms with E-state index >= 15 is 0 Å². The van der Waals surface area contributed by atoms with Crippen molar-refractivity contribution in [2.45, 2.75) is 64.5 Å². The molecule has 0 aliphatic rings. The van der Waals surface area contributed by atoms with E-state index in [4.69, 9.17) is 0 Å². The number of hydrogen-bond acceptors (Lipinski definition) is 0. The van der Waals surface area contributed by atoms with Gasteiger partial charge in [-0.2, -0.15) is 0 Å². The van der Waals surface area contributed by atoms with Crippen LogP contribution in [-0.2, 0) is 0 Å². The molecule has 0 heterocycles. The molecule has 106 valence electrons. The first-order valence-electron chi connectivity index (χ1n) is 7.09. The Balaban J connectivity index is 5.56. The summed E-state index contributed by atoms with van der Waals surface area (Å²) in [6.45, 7) is 29.3. The smallest absolute Gasteiger partial charge is 0.0421 e. The van der Waals surface area contributed by atoms with Crippen molar-refractivity contribution in [1.82, 2.24) is 0 Å². The van der Waals surface area contributed by atoms with Gasteiger partial charge in [0.2, 0.25) is 0 Å². The Morgan fingerprint density at radius 2 is 0.833 bits per heavy atom. The highest BCUT2D eigenvalue weighted by atomic mass is 29.8. The number of hydrogen-bond donors (Lipinski definition) is 0. The van der Waals surface area contributed by atoms with Crippen LogP contribution in [0.5, 0.6) is 0 Å². The molecule has 0 aromatic carbocycles. The van der Waals surface area contributed by atoms with E-state index in [0.29, 0.717) is 0 Å². The predicted molar refractivity (Wildman–Crippen MR) is 99.9 cm³/mol. The van der Waals surface area contributed by atoms with Gasteiger partial charge in [-0.1, -0.05) is 64.5 Å². The molecule has 0 rings (SSSR count). The second-order valence-corrected chi connectivity index (χ2v) is 49.0. The van der Waals surface area contributed by atoms with Crippen LogP contribution in [-0.4, -0.2) is 29.4 Å². The summed E-state index contributed by atoms with van der Waals surface area (Å²) in [6.07, 6.45) is 4.38. The molecule has 0 aromatic rings. The van der Waals surface area contributed by atoms with Crippen molar-refractivity contribution in [2.24, 2.45) is 0 Å². The van der Waals surface area contributed by atoms with Crippen LogP contribution in [0.15, 0.2) is 25.3 Å². The molecular formula is C14H34Si4. The second kappa shape index (κ2) is 5.77. The van der Waals surface area contributed by atoms with Gasteiger partial charge in [0.1, 0.15) is 0 Å². The Labute approximate surface area is 119 Å². The van der Waals surface area contributed by atoms with Gasteiger partial charge in [-0.15, -0.1) is 13.2 Å². The summed E-state index contributed by atoms with van der Waals surface area (Å²) in [5.41, 5.74) is 0. The fourth-order valence-corrected chi connectivity index (χ4v) is 73.4. The Bertz CT molecular complexity index is 282. The summed E-state index contributed by atoms with van der Waals surface area (Å²) in [4.78, 5) is 0. The average Bonchev–Trinajstić information content (AvgIpc) is 2.16. The summed E-state index contributed by atoms with van der Waals surface area (Å²) in [6, 6.07) is 2.61. The standard InChI is InChI=1S/C14H34Si4/c1-11-13-15(3,4)17(7,8)18(9,10)16(5,6)14-12-2/h11-12H,1-2,13-14H2,3-10H3. The fraction of sp³-hybridized carbons (Fsp3) is 0.714. The van der Waals surface area contributed by atoms with E-state index in [9.17, 15) is 0 Å². The lowest BCUT2D eigenvalue weighted by atomic mass is 10.8. The highest BCUT2D eigenvalue weighted by molar-refractivity contribution is 7.83. The van der Waals surface area contributed by atoms with E-state index in [1.165, 1.54) is 12.1 Å². The Hall–Kier alpha value is 0.348. The molecule has 0 aliphatic heterocycles. The largest absolute Gasteiger partial charge is 0.103 e. The SMILES string of the molecule is C=CC[Si](C)(C)[Si](C)(C)[Si](C)(C)[Si](C)(C)CC=C. The molecule has 4 heteroatoms. The summed E-state index contributed by atoms with van der Waals surface area (Å²) in [5.74, 6) is 0. The summed E-state index contributed by atoms with van der Waals surface area (Å²) >= 11 is 0. The quantitative estimate of drug-likeness (QED) is 0.434. The van der Waals surface area contributed by atoms with Gasteiger partial charge in [-0.05, 0) is 12.1 Å². The zero-order valence-corrected chi connectivity index (χ0v) is 18.0. The number of allylic oxidation sites excluding steroid dienone is 2. The molecule has 0 aromatic heterocycles. The average molecular weight is 315 g/mol. The summed E-state index contributed by atoms with van der Waals surface area (Å²) in [7, 11) is -4.51. The molecule has 18 heavy (non-hydrogen) atoms. The van der Waals surface area contributed by atoms with Gasteiger partial charge in [0, 0.05) is 29.4 Å². The Morgan fingerprint density at radius 3 is 1.00 bits per heavy atom. The van der Waals surface area contributed by atoms with E-state index in [2.05, 4.69) is 77.7 Å². The molecule has 0 unspecified atom stereocenters. The van der Waals surface area contributed by atoms with Crippen LogP contribution < -0.4 is 0 Å². The highest BCUT2D eigenvalue weighted by Gasteiger charge is 2.57. The first kappa shape index (κ1) is 18.3. The minimum Gasteiger partial charge on any atom is -0.103 e. The molecule has 0 saturated carbocycles. The molecule has 0 saturated heterocycles. The van der Waals surface area contributed by atoms with Crippen LogP contribution in [0.25, 0.3) is 0 Å². The van der Waals surface area contributed by atoms with E-state index in [1.54, 1.807) is 0 Å². The Morgan fingerprint density at radius 1 is 0.611 bits per heavy atom. The molecule has 0 amide bonds. The second-order valence-electron chi connectivity index (χ2n) is 8.00. The molecular weight excluding hydrogens is 280 g/mol. The van der Waals surface area contributed by atoms with Gasteiger partial charge in [0.15, 0.2) is 0 Å². The van der Waals surface area contributed by atoms with Gasteiger partial charge < -0.3 is 0 Å². The zero-order chi connectivity index (χ0) is 14.8. The van der Waals surface area contributed by atoms with Crippen LogP contribution in [0.1, 0.15) is 0 Å². The van der Waals surface area contributed by atoms with Crippen LogP contribution >= 0.6 is 0 Å². The maximum atomic E-state index is 4.01. The van der Waals surface area contributed by atoms with Gasteiger partial charge in [-0.25, -0.2) is 0 Å². The van der Waals surface area contributed by atoms with Crippen molar-refractivity contribution in [2.75, 3.05) is 0 Å². The van der Waals surface area contributed by atoms with Crippen LogP contribution in [0, 0.1) is 0 Å². The zero-order valence-electron chi connectivity index (χ0n) is 14.0. The molecule has 0 N–H and O–H groups in total. The van der Waals surface area contributed by atoms with Crippen molar-refractivity contribution >= 4 is 29.4 Å². The van der Waals surface area contributed by atoms with Crippen molar-refractivity contribution in [3.8, 4) is 0 Å². The maximum absolute atomic E-state index is 4.01. The lowest BCUT2D eigenvalue weighted by Gasteiger charge is -2.55. The van der Waals surface area contributed by atoms with Crippen LogP contribution in [0.4, 0.5) is 0 Å². The molecule has 0 radical (unpaired) electrons. The van der Waals surface area contributed by atoms with Gasteiger partial charge in [0.05, 0.1) is 0 Å². The van der Waals surface area contributed by atoms with E-state index in [-0.39, 0.29) is 0 Å². The Kier molecular flexibility index (Phi) is 5.88. The highest BCUT2D eigenvalue weighted by Crippen LogP contribution is 2.38.